The fourth-order valence-electron chi connectivity index (χ4n) is 2.07. The summed E-state index contributed by atoms with van der Waals surface area (Å²) in [6.07, 6.45) is 3.65. The van der Waals surface area contributed by atoms with Crippen LogP contribution in [-0.2, 0) is 6.54 Å². The van der Waals surface area contributed by atoms with E-state index in [1.165, 1.54) is 18.5 Å². The Labute approximate surface area is 109 Å². The molecule has 2 atom stereocenters. The van der Waals surface area contributed by atoms with E-state index < -0.39 is 0 Å². The van der Waals surface area contributed by atoms with Crippen molar-refractivity contribution in [3.63, 3.8) is 0 Å². The van der Waals surface area contributed by atoms with E-state index in [0.717, 1.165) is 25.4 Å². The first kappa shape index (κ1) is 14.6. The second-order valence-electron chi connectivity index (χ2n) is 5.19. The van der Waals surface area contributed by atoms with Crippen molar-refractivity contribution < 1.29 is 0 Å². The summed E-state index contributed by atoms with van der Waals surface area (Å²) in [5, 5.41) is 2.12. The zero-order valence-corrected chi connectivity index (χ0v) is 12.0. The molecular formula is C13H25N3S. The fourth-order valence-corrected chi connectivity index (χ4v) is 2.62. The smallest absolute Gasteiger partial charge is 0.0795 e. The Hall–Kier alpha value is -0.450. The highest BCUT2D eigenvalue weighted by molar-refractivity contribution is 7.07. The summed E-state index contributed by atoms with van der Waals surface area (Å²) < 4.78 is 0. The van der Waals surface area contributed by atoms with Gasteiger partial charge in [-0.15, -0.1) is 11.3 Å². The molecule has 0 bridgehead atoms. The number of aromatic nitrogens is 1. The number of thiazole rings is 1. The normalized spacial score (nSPS) is 15.1. The Morgan fingerprint density at radius 1 is 1.41 bits per heavy atom. The molecule has 1 rings (SSSR count). The van der Waals surface area contributed by atoms with Crippen molar-refractivity contribution >= 4 is 11.3 Å². The lowest BCUT2D eigenvalue weighted by Crippen LogP contribution is -2.24. The molecule has 1 aromatic heterocycles. The molecule has 0 aromatic carbocycles. The van der Waals surface area contributed by atoms with Crippen molar-refractivity contribution in [1.29, 1.82) is 0 Å². The van der Waals surface area contributed by atoms with Crippen LogP contribution in [0.2, 0.25) is 0 Å². The van der Waals surface area contributed by atoms with Crippen LogP contribution in [0.5, 0.6) is 0 Å². The molecule has 1 heterocycles. The van der Waals surface area contributed by atoms with Crippen molar-refractivity contribution in [1.82, 2.24) is 9.88 Å². The predicted octanol–water partition coefficient (Wildman–Crippen LogP) is 2.73. The lowest BCUT2D eigenvalue weighted by Gasteiger charge is -2.20. The molecule has 0 aliphatic heterocycles. The molecule has 0 aliphatic rings. The van der Waals surface area contributed by atoms with Crippen molar-refractivity contribution in [3.8, 4) is 0 Å². The van der Waals surface area contributed by atoms with E-state index in [9.17, 15) is 0 Å². The fraction of sp³-hybridized carbons (Fsp3) is 0.769. The Balaban J connectivity index is 2.14. The molecule has 3 nitrogen and oxygen atoms in total. The third kappa shape index (κ3) is 6.76. The standard InChI is InChI=1S/C13H25N3S/c1-11(5-4-6-12(2)14)7-16(3)8-13-9-17-10-15-13/h9-12H,4-8,14H2,1-3H3. The Kier molecular flexibility index (Phi) is 6.70. The van der Waals surface area contributed by atoms with Gasteiger partial charge in [-0.25, -0.2) is 4.98 Å². The molecule has 17 heavy (non-hydrogen) atoms. The summed E-state index contributed by atoms with van der Waals surface area (Å²) in [5.41, 5.74) is 8.83. The molecule has 2 unspecified atom stereocenters. The van der Waals surface area contributed by atoms with Gasteiger partial charge >= 0.3 is 0 Å². The lowest BCUT2D eigenvalue weighted by atomic mass is 10.0. The minimum Gasteiger partial charge on any atom is -0.328 e. The number of nitrogens with two attached hydrogens (primary N) is 1. The van der Waals surface area contributed by atoms with E-state index in [-0.39, 0.29) is 0 Å². The largest absolute Gasteiger partial charge is 0.328 e. The molecule has 4 heteroatoms. The number of nitrogens with zero attached hydrogens (tertiary/aromatic N) is 2. The van der Waals surface area contributed by atoms with E-state index in [2.05, 4.69) is 36.2 Å². The number of hydrogen-bond donors (Lipinski definition) is 1. The van der Waals surface area contributed by atoms with Crippen LogP contribution >= 0.6 is 11.3 Å². The van der Waals surface area contributed by atoms with Gasteiger partial charge in [-0.1, -0.05) is 13.3 Å². The van der Waals surface area contributed by atoms with Crippen LogP contribution < -0.4 is 5.73 Å². The average Bonchev–Trinajstić information content (AvgIpc) is 2.69. The maximum Gasteiger partial charge on any atom is 0.0795 e. The molecule has 1 aromatic rings. The molecule has 98 valence electrons. The van der Waals surface area contributed by atoms with Crippen LogP contribution in [0.1, 0.15) is 38.8 Å². The van der Waals surface area contributed by atoms with Gasteiger partial charge in [0.2, 0.25) is 0 Å². The van der Waals surface area contributed by atoms with Crippen LogP contribution in [0, 0.1) is 5.92 Å². The van der Waals surface area contributed by atoms with Crippen LogP contribution in [0.4, 0.5) is 0 Å². The van der Waals surface area contributed by atoms with Crippen LogP contribution in [0.25, 0.3) is 0 Å². The van der Waals surface area contributed by atoms with E-state index in [4.69, 9.17) is 5.73 Å². The lowest BCUT2D eigenvalue weighted by molar-refractivity contribution is 0.265. The summed E-state index contributed by atoms with van der Waals surface area (Å²) in [5.74, 6) is 0.734. The van der Waals surface area contributed by atoms with Gasteiger partial charge < -0.3 is 10.6 Å². The Bertz CT molecular complexity index is 285. The molecule has 2 N–H and O–H groups in total. The van der Waals surface area contributed by atoms with E-state index in [0.29, 0.717) is 6.04 Å². The first-order valence-corrected chi connectivity index (χ1v) is 7.33. The highest BCUT2D eigenvalue weighted by atomic mass is 32.1. The van der Waals surface area contributed by atoms with Gasteiger partial charge in [-0.05, 0) is 32.7 Å². The zero-order chi connectivity index (χ0) is 12.7. The second kappa shape index (κ2) is 7.80. The SMILES string of the molecule is CC(N)CCCC(C)CN(C)Cc1cscn1. The van der Waals surface area contributed by atoms with Gasteiger partial charge in [0.15, 0.2) is 0 Å². The van der Waals surface area contributed by atoms with Crippen molar-refractivity contribution in [2.45, 2.75) is 45.7 Å². The van der Waals surface area contributed by atoms with Crippen molar-refractivity contribution in [3.05, 3.63) is 16.6 Å². The predicted molar refractivity (Wildman–Crippen MR) is 75.1 cm³/mol. The summed E-state index contributed by atoms with van der Waals surface area (Å²) in [4.78, 5) is 6.66. The maximum absolute atomic E-state index is 5.75. The minimum absolute atomic E-state index is 0.343. The molecule has 0 aliphatic carbocycles. The van der Waals surface area contributed by atoms with Gasteiger partial charge in [0.1, 0.15) is 0 Å². The molecule has 0 spiro atoms. The van der Waals surface area contributed by atoms with E-state index in [1.807, 2.05) is 5.51 Å². The Morgan fingerprint density at radius 3 is 2.76 bits per heavy atom. The number of hydrogen-bond acceptors (Lipinski definition) is 4. The number of rotatable bonds is 8. The summed E-state index contributed by atoms with van der Waals surface area (Å²) in [7, 11) is 2.17. The minimum atomic E-state index is 0.343. The third-order valence-electron chi connectivity index (χ3n) is 2.90. The quantitative estimate of drug-likeness (QED) is 0.776. The summed E-state index contributed by atoms with van der Waals surface area (Å²) in [6.45, 7) is 6.50. The van der Waals surface area contributed by atoms with Crippen molar-refractivity contribution in [2.75, 3.05) is 13.6 Å². The molecule has 0 amide bonds. The highest BCUT2D eigenvalue weighted by Gasteiger charge is 2.08. The molecule has 0 fully saturated rings. The second-order valence-corrected chi connectivity index (χ2v) is 5.91. The summed E-state index contributed by atoms with van der Waals surface area (Å²) >= 11 is 1.67. The van der Waals surface area contributed by atoms with Crippen molar-refractivity contribution in [2.24, 2.45) is 11.7 Å². The highest BCUT2D eigenvalue weighted by Crippen LogP contribution is 2.12. The Morgan fingerprint density at radius 2 is 2.18 bits per heavy atom. The first-order chi connectivity index (χ1) is 8.08. The maximum atomic E-state index is 5.75. The molecule has 0 saturated carbocycles. The average molecular weight is 255 g/mol. The molecule has 0 saturated heterocycles. The zero-order valence-electron chi connectivity index (χ0n) is 11.2. The van der Waals surface area contributed by atoms with Gasteiger partial charge in [-0.3, -0.25) is 0 Å². The first-order valence-electron chi connectivity index (χ1n) is 6.39. The van der Waals surface area contributed by atoms with Crippen LogP contribution in [0.15, 0.2) is 10.9 Å². The van der Waals surface area contributed by atoms with Gasteiger partial charge in [-0.2, -0.15) is 0 Å². The van der Waals surface area contributed by atoms with E-state index >= 15 is 0 Å². The molecule has 0 radical (unpaired) electrons. The van der Waals surface area contributed by atoms with Gasteiger partial charge in [0, 0.05) is 24.5 Å². The molecular weight excluding hydrogens is 230 g/mol. The van der Waals surface area contributed by atoms with Crippen LogP contribution in [0.3, 0.4) is 0 Å². The van der Waals surface area contributed by atoms with Crippen LogP contribution in [-0.4, -0.2) is 29.5 Å². The summed E-state index contributed by atoms with van der Waals surface area (Å²) in [6, 6.07) is 0.343. The monoisotopic (exact) mass is 255 g/mol. The van der Waals surface area contributed by atoms with E-state index in [1.54, 1.807) is 11.3 Å². The third-order valence-corrected chi connectivity index (χ3v) is 3.53. The van der Waals surface area contributed by atoms with Gasteiger partial charge in [0.25, 0.3) is 0 Å². The van der Waals surface area contributed by atoms with Gasteiger partial charge in [0.05, 0.1) is 11.2 Å². The topological polar surface area (TPSA) is 42.1 Å².